The fourth-order valence-electron chi connectivity index (χ4n) is 1.17. The Labute approximate surface area is 87.3 Å². The fraction of sp³-hybridized carbons (Fsp3) is 0.300. The van der Waals surface area contributed by atoms with Crippen LogP contribution in [-0.2, 0) is 16.1 Å². The van der Waals surface area contributed by atoms with Gasteiger partial charge in [-0.3, -0.25) is 4.79 Å². The second-order valence-corrected chi connectivity index (χ2v) is 3.03. The Hall–Kier alpha value is -2.00. The molecule has 15 heavy (non-hydrogen) atoms. The van der Waals surface area contributed by atoms with Gasteiger partial charge in [-0.05, 0) is 16.7 Å². The second-order valence-electron chi connectivity index (χ2n) is 3.03. The van der Waals surface area contributed by atoms with Crippen molar-refractivity contribution in [3.8, 4) is 0 Å². The van der Waals surface area contributed by atoms with E-state index in [0.29, 0.717) is 6.47 Å². The number of nitrogens with zero attached hydrogens (tertiary/aromatic N) is 3. The number of hydrogen-bond acceptors (Lipinski definition) is 3. The van der Waals surface area contributed by atoms with Crippen LogP contribution in [0.3, 0.4) is 0 Å². The summed E-state index contributed by atoms with van der Waals surface area (Å²) in [4.78, 5) is 12.7. The molecule has 0 aliphatic rings. The highest BCUT2D eigenvalue weighted by Crippen LogP contribution is 2.17. The van der Waals surface area contributed by atoms with Crippen molar-refractivity contribution in [1.29, 1.82) is 0 Å². The van der Waals surface area contributed by atoms with Crippen molar-refractivity contribution in [2.24, 2.45) is 5.11 Å². The minimum atomic E-state index is -0.184. The van der Waals surface area contributed by atoms with Gasteiger partial charge in [0, 0.05) is 4.91 Å². The van der Waals surface area contributed by atoms with Gasteiger partial charge in [-0.1, -0.05) is 36.3 Å². The van der Waals surface area contributed by atoms with Gasteiger partial charge in [0.1, 0.15) is 6.61 Å². The number of carbonyl (C=O) groups excluding carboxylic acids is 1. The van der Waals surface area contributed by atoms with Crippen molar-refractivity contribution in [2.45, 2.75) is 19.6 Å². The summed E-state index contributed by atoms with van der Waals surface area (Å²) in [5.41, 5.74) is 10.1. The first-order valence-corrected chi connectivity index (χ1v) is 4.46. The van der Waals surface area contributed by atoms with Crippen LogP contribution >= 0.6 is 0 Å². The van der Waals surface area contributed by atoms with E-state index in [1.807, 2.05) is 31.2 Å². The van der Waals surface area contributed by atoms with Crippen molar-refractivity contribution in [3.05, 3.63) is 45.8 Å². The zero-order chi connectivity index (χ0) is 11.1. The predicted octanol–water partition coefficient (Wildman–Crippen LogP) is 2.73. The molecule has 5 heteroatoms. The van der Waals surface area contributed by atoms with Crippen molar-refractivity contribution in [2.75, 3.05) is 0 Å². The molecule has 78 valence electrons. The maximum atomic E-state index is 9.96. The summed E-state index contributed by atoms with van der Waals surface area (Å²) < 4.78 is 4.60. The standard InChI is InChI=1S/C10H11N3O2/c1-8(12-13-11)10-4-2-9(3-5-10)6-15-7-14/h2-5,7-8H,6H2,1H3. The first-order valence-electron chi connectivity index (χ1n) is 4.46. The molecule has 0 saturated carbocycles. The number of benzene rings is 1. The van der Waals surface area contributed by atoms with Crippen LogP contribution in [0.4, 0.5) is 0 Å². The number of carbonyl (C=O) groups is 1. The summed E-state index contributed by atoms with van der Waals surface area (Å²) in [6.45, 7) is 2.49. The van der Waals surface area contributed by atoms with Crippen LogP contribution in [0.2, 0.25) is 0 Å². The molecule has 1 atom stereocenters. The third-order valence-electron chi connectivity index (χ3n) is 2.01. The van der Waals surface area contributed by atoms with Gasteiger partial charge in [-0.25, -0.2) is 0 Å². The van der Waals surface area contributed by atoms with Crippen molar-refractivity contribution < 1.29 is 9.53 Å². The Bertz CT molecular complexity index is 369. The van der Waals surface area contributed by atoms with Crippen molar-refractivity contribution in [1.82, 2.24) is 0 Å². The highest BCUT2D eigenvalue weighted by atomic mass is 16.5. The molecule has 0 fully saturated rings. The van der Waals surface area contributed by atoms with Crippen LogP contribution in [0.1, 0.15) is 24.1 Å². The van der Waals surface area contributed by atoms with Gasteiger partial charge in [0.05, 0.1) is 6.04 Å². The first-order chi connectivity index (χ1) is 7.27. The van der Waals surface area contributed by atoms with E-state index in [4.69, 9.17) is 5.53 Å². The quantitative estimate of drug-likeness (QED) is 0.321. The smallest absolute Gasteiger partial charge is 0.293 e. The molecule has 1 rings (SSSR count). The zero-order valence-corrected chi connectivity index (χ0v) is 8.33. The normalized spacial score (nSPS) is 11.3. The molecule has 1 aromatic carbocycles. The Morgan fingerprint density at radius 1 is 1.53 bits per heavy atom. The summed E-state index contributed by atoms with van der Waals surface area (Å²) in [7, 11) is 0. The van der Waals surface area contributed by atoms with E-state index in [2.05, 4.69) is 14.8 Å². The van der Waals surface area contributed by atoms with Gasteiger partial charge in [-0.15, -0.1) is 0 Å². The second kappa shape index (κ2) is 5.67. The fourth-order valence-corrected chi connectivity index (χ4v) is 1.17. The molecule has 0 aromatic heterocycles. The van der Waals surface area contributed by atoms with E-state index >= 15 is 0 Å². The van der Waals surface area contributed by atoms with Crippen molar-refractivity contribution in [3.63, 3.8) is 0 Å². The van der Waals surface area contributed by atoms with Gasteiger partial charge in [0.15, 0.2) is 0 Å². The lowest BCUT2D eigenvalue weighted by Gasteiger charge is -2.05. The van der Waals surface area contributed by atoms with Crippen LogP contribution in [0, 0.1) is 0 Å². The number of hydrogen-bond donors (Lipinski definition) is 0. The molecule has 0 N–H and O–H groups in total. The molecule has 0 aliphatic heterocycles. The minimum Gasteiger partial charge on any atom is -0.463 e. The highest BCUT2D eigenvalue weighted by Gasteiger charge is 2.02. The molecule has 0 heterocycles. The van der Waals surface area contributed by atoms with E-state index in [1.165, 1.54) is 0 Å². The zero-order valence-electron chi connectivity index (χ0n) is 8.33. The molecular formula is C10H11N3O2. The number of azide groups is 1. The SMILES string of the molecule is CC(N=[N+]=[N-])c1ccc(COC=O)cc1. The van der Waals surface area contributed by atoms with Gasteiger partial charge in [0.25, 0.3) is 6.47 Å². The van der Waals surface area contributed by atoms with E-state index in [-0.39, 0.29) is 12.6 Å². The average Bonchev–Trinajstić information content (AvgIpc) is 2.27. The van der Waals surface area contributed by atoms with Gasteiger partial charge in [0.2, 0.25) is 0 Å². The van der Waals surface area contributed by atoms with Gasteiger partial charge in [-0.2, -0.15) is 0 Å². The lowest BCUT2D eigenvalue weighted by atomic mass is 10.1. The van der Waals surface area contributed by atoms with Crippen molar-refractivity contribution >= 4 is 6.47 Å². The molecular weight excluding hydrogens is 194 g/mol. The molecule has 0 saturated heterocycles. The van der Waals surface area contributed by atoms with Gasteiger partial charge >= 0.3 is 0 Å². The summed E-state index contributed by atoms with van der Waals surface area (Å²) in [6.07, 6.45) is 0. The number of ether oxygens (including phenoxy) is 1. The molecule has 0 aliphatic carbocycles. The number of rotatable bonds is 5. The van der Waals surface area contributed by atoms with Crippen LogP contribution in [0.25, 0.3) is 10.4 Å². The highest BCUT2D eigenvalue weighted by molar-refractivity contribution is 5.37. The molecule has 1 aromatic rings. The summed E-state index contributed by atoms with van der Waals surface area (Å²) in [6, 6.07) is 7.19. The maximum absolute atomic E-state index is 9.96. The Morgan fingerprint density at radius 2 is 2.20 bits per heavy atom. The van der Waals surface area contributed by atoms with E-state index < -0.39 is 0 Å². The Morgan fingerprint density at radius 3 is 2.73 bits per heavy atom. The molecule has 0 spiro atoms. The minimum absolute atomic E-state index is 0.184. The average molecular weight is 205 g/mol. The van der Waals surface area contributed by atoms with E-state index in [1.54, 1.807) is 0 Å². The van der Waals surface area contributed by atoms with E-state index in [0.717, 1.165) is 11.1 Å². The Kier molecular flexibility index (Phi) is 4.19. The third kappa shape index (κ3) is 3.32. The Balaban J connectivity index is 2.71. The van der Waals surface area contributed by atoms with Crippen LogP contribution < -0.4 is 0 Å². The molecule has 1 unspecified atom stereocenters. The monoisotopic (exact) mass is 205 g/mol. The van der Waals surface area contributed by atoms with E-state index in [9.17, 15) is 4.79 Å². The lowest BCUT2D eigenvalue weighted by Crippen LogP contribution is -1.92. The topological polar surface area (TPSA) is 75.1 Å². The summed E-state index contributed by atoms with van der Waals surface area (Å²) in [5, 5.41) is 3.58. The van der Waals surface area contributed by atoms with Crippen LogP contribution in [0.5, 0.6) is 0 Å². The molecule has 0 radical (unpaired) electrons. The van der Waals surface area contributed by atoms with Crippen LogP contribution in [-0.4, -0.2) is 6.47 Å². The first kappa shape index (κ1) is 11.1. The van der Waals surface area contributed by atoms with Gasteiger partial charge < -0.3 is 4.74 Å². The molecule has 5 nitrogen and oxygen atoms in total. The third-order valence-corrected chi connectivity index (χ3v) is 2.01. The lowest BCUT2D eigenvalue weighted by molar-refractivity contribution is -0.129. The van der Waals surface area contributed by atoms with Crippen LogP contribution in [0.15, 0.2) is 29.4 Å². The maximum Gasteiger partial charge on any atom is 0.293 e. The summed E-state index contributed by atoms with van der Waals surface area (Å²) in [5.74, 6) is 0. The largest absolute Gasteiger partial charge is 0.463 e. The molecule has 0 bridgehead atoms. The predicted molar refractivity (Wildman–Crippen MR) is 54.9 cm³/mol. The molecule has 0 amide bonds. The summed E-state index contributed by atoms with van der Waals surface area (Å²) >= 11 is 0.